The number of anilines is 1. The third kappa shape index (κ3) is 4.33. The van der Waals surface area contributed by atoms with Crippen LogP contribution in [0.15, 0.2) is 34.9 Å². The van der Waals surface area contributed by atoms with Gasteiger partial charge in [-0.05, 0) is 44.2 Å². The summed E-state index contributed by atoms with van der Waals surface area (Å²) in [6, 6.07) is 9.32. The minimum Gasteiger partial charge on any atom is -0.339 e. The molecule has 0 saturated carbocycles. The molecule has 8 nitrogen and oxygen atoms in total. The summed E-state index contributed by atoms with van der Waals surface area (Å²) in [6.45, 7) is 8.19. The van der Waals surface area contributed by atoms with Crippen LogP contribution in [-0.4, -0.2) is 37.9 Å². The van der Waals surface area contributed by atoms with Gasteiger partial charge in [-0.2, -0.15) is 10.1 Å². The molecule has 0 fully saturated rings. The zero-order valence-electron chi connectivity index (χ0n) is 16.2. The normalized spacial score (nSPS) is 11.0. The highest BCUT2D eigenvalue weighted by molar-refractivity contribution is 5.89. The number of aryl methyl sites for hydroxylation is 2. The van der Waals surface area contributed by atoms with Gasteiger partial charge in [0.1, 0.15) is 0 Å². The molecule has 0 aliphatic rings. The van der Waals surface area contributed by atoms with Crippen LogP contribution in [0.25, 0.3) is 5.69 Å². The second-order valence-electron chi connectivity index (χ2n) is 6.88. The molecule has 0 saturated heterocycles. The van der Waals surface area contributed by atoms with Crippen LogP contribution in [0.3, 0.4) is 0 Å². The van der Waals surface area contributed by atoms with E-state index in [0.29, 0.717) is 17.4 Å². The Hall–Kier alpha value is -3.16. The number of benzene rings is 1. The van der Waals surface area contributed by atoms with E-state index in [2.05, 4.69) is 20.6 Å². The van der Waals surface area contributed by atoms with Crippen molar-refractivity contribution in [1.29, 1.82) is 0 Å². The van der Waals surface area contributed by atoms with Crippen molar-refractivity contribution in [1.82, 2.24) is 24.8 Å². The molecule has 3 aromatic rings. The van der Waals surface area contributed by atoms with E-state index in [9.17, 15) is 4.79 Å². The highest BCUT2D eigenvalue weighted by Gasteiger charge is 2.15. The first-order valence-electron chi connectivity index (χ1n) is 8.82. The van der Waals surface area contributed by atoms with Crippen LogP contribution >= 0.6 is 0 Å². The summed E-state index contributed by atoms with van der Waals surface area (Å²) in [4.78, 5) is 18.2. The molecule has 2 aromatic heterocycles. The van der Waals surface area contributed by atoms with Gasteiger partial charge in [0.25, 0.3) is 0 Å². The number of carbonyl (C=O) groups is 1. The molecule has 1 N–H and O–H groups in total. The molecule has 27 heavy (non-hydrogen) atoms. The molecule has 2 amide bonds. The van der Waals surface area contributed by atoms with E-state index in [0.717, 1.165) is 17.1 Å². The van der Waals surface area contributed by atoms with Crippen molar-refractivity contribution in [2.45, 2.75) is 40.2 Å². The van der Waals surface area contributed by atoms with Crippen molar-refractivity contribution in [3.63, 3.8) is 0 Å². The number of hydrogen-bond donors (Lipinski definition) is 1. The minimum absolute atomic E-state index is 0.158. The summed E-state index contributed by atoms with van der Waals surface area (Å²) in [6.07, 6.45) is 0. The van der Waals surface area contributed by atoms with Gasteiger partial charge in [0, 0.05) is 24.3 Å². The molecule has 1 aromatic carbocycles. The van der Waals surface area contributed by atoms with E-state index in [4.69, 9.17) is 4.52 Å². The first-order chi connectivity index (χ1) is 12.8. The van der Waals surface area contributed by atoms with Crippen LogP contribution in [0.2, 0.25) is 0 Å². The summed E-state index contributed by atoms with van der Waals surface area (Å²) in [5.74, 6) is 1.21. The molecule has 8 heteroatoms. The average molecular weight is 368 g/mol. The molecule has 0 atom stereocenters. The van der Waals surface area contributed by atoms with Gasteiger partial charge < -0.3 is 14.7 Å². The Kier molecular flexibility index (Phi) is 5.25. The largest absolute Gasteiger partial charge is 0.339 e. The standard InChI is InChI=1S/C19H24N6O2/c1-12(2)18-21-17(23-27-18)11-24(5)19(26)20-15-6-8-16(9-7-15)25-14(4)10-13(3)22-25/h6-10,12H,11H2,1-5H3,(H,20,26). The number of carbonyl (C=O) groups excluding carboxylic acids is 1. The number of urea groups is 1. The topological polar surface area (TPSA) is 89.1 Å². The van der Waals surface area contributed by atoms with Crippen LogP contribution in [0.5, 0.6) is 0 Å². The van der Waals surface area contributed by atoms with Crippen molar-refractivity contribution < 1.29 is 9.32 Å². The van der Waals surface area contributed by atoms with Crippen molar-refractivity contribution in [2.24, 2.45) is 0 Å². The molecule has 3 rings (SSSR count). The average Bonchev–Trinajstić information content (AvgIpc) is 3.22. The number of hydrogen-bond acceptors (Lipinski definition) is 5. The third-order valence-corrected chi connectivity index (χ3v) is 4.08. The lowest BCUT2D eigenvalue weighted by Crippen LogP contribution is -2.31. The van der Waals surface area contributed by atoms with E-state index >= 15 is 0 Å². The Morgan fingerprint density at radius 1 is 1.26 bits per heavy atom. The highest BCUT2D eigenvalue weighted by atomic mass is 16.5. The summed E-state index contributed by atoms with van der Waals surface area (Å²) in [7, 11) is 1.69. The van der Waals surface area contributed by atoms with Crippen LogP contribution in [0, 0.1) is 13.8 Å². The molecule has 0 radical (unpaired) electrons. The maximum Gasteiger partial charge on any atom is 0.321 e. The summed E-state index contributed by atoms with van der Waals surface area (Å²) in [5, 5.41) is 11.2. The Morgan fingerprint density at radius 2 is 1.96 bits per heavy atom. The van der Waals surface area contributed by atoms with Crippen molar-refractivity contribution in [2.75, 3.05) is 12.4 Å². The second-order valence-corrected chi connectivity index (χ2v) is 6.88. The smallest absolute Gasteiger partial charge is 0.321 e. The molecule has 0 spiro atoms. The molecule has 0 aliphatic heterocycles. The number of aromatic nitrogens is 4. The number of rotatable bonds is 5. The highest BCUT2D eigenvalue weighted by Crippen LogP contribution is 2.16. The molecular formula is C19H24N6O2. The molecular weight excluding hydrogens is 344 g/mol. The fourth-order valence-corrected chi connectivity index (χ4v) is 2.65. The number of amides is 2. The second kappa shape index (κ2) is 7.61. The van der Waals surface area contributed by atoms with Gasteiger partial charge in [0.15, 0.2) is 5.82 Å². The van der Waals surface area contributed by atoms with E-state index < -0.39 is 0 Å². The van der Waals surface area contributed by atoms with E-state index in [1.807, 2.05) is 62.7 Å². The van der Waals surface area contributed by atoms with Crippen molar-refractivity contribution >= 4 is 11.7 Å². The third-order valence-electron chi connectivity index (χ3n) is 4.08. The number of nitrogens with one attached hydrogen (secondary N) is 1. The minimum atomic E-state index is -0.246. The first-order valence-corrected chi connectivity index (χ1v) is 8.82. The molecule has 142 valence electrons. The van der Waals surface area contributed by atoms with Crippen molar-refractivity contribution in [3.8, 4) is 5.69 Å². The van der Waals surface area contributed by atoms with Gasteiger partial charge in [-0.1, -0.05) is 19.0 Å². The molecule has 0 bridgehead atoms. The van der Waals surface area contributed by atoms with Gasteiger partial charge >= 0.3 is 6.03 Å². The van der Waals surface area contributed by atoms with Crippen LogP contribution in [0.1, 0.15) is 42.9 Å². The monoisotopic (exact) mass is 368 g/mol. The SMILES string of the molecule is Cc1cc(C)n(-c2ccc(NC(=O)N(C)Cc3noc(C(C)C)n3)cc2)n1. The van der Waals surface area contributed by atoms with E-state index in [-0.39, 0.29) is 18.5 Å². The zero-order valence-corrected chi connectivity index (χ0v) is 16.2. The Bertz CT molecular complexity index is 926. The van der Waals surface area contributed by atoms with Gasteiger partial charge in [-0.25, -0.2) is 9.48 Å². The van der Waals surface area contributed by atoms with Gasteiger partial charge in [0.05, 0.1) is 17.9 Å². The predicted octanol–water partition coefficient (Wildman–Crippen LogP) is 3.66. The number of nitrogens with zero attached hydrogens (tertiary/aromatic N) is 5. The van der Waals surface area contributed by atoms with Gasteiger partial charge in [-0.15, -0.1) is 0 Å². The van der Waals surface area contributed by atoms with E-state index in [1.54, 1.807) is 7.05 Å². The Labute approximate surface area is 158 Å². The Balaban J connectivity index is 1.62. The summed E-state index contributed by atoms with van der Waals surface area (Å²) >= 11 is 0. The lowest BCUT2D eigenvalue weighted by molar-refractivity contribution is 0.219. The maximum atomic E-state index is 12.4. The summed E-state index contributed by atoms with van der Waals surface area (Å²) in [5.41, 5.74) is 3.67. The molecule has 0 aliphatic carbocycles. The molecule has 0 unspecified atom stereocenters. The van der Waals surface area contributed by atoms with E-state index in [1.165, 1.54) is 4.90 Å². The van der Waals surface area contributed by atoms with Gasteiger partial charge in [0.2, 0.25) is 5.89 Å². The van der Waals surface area contributed by atoms with Crippen molar-refractivity contribution in [3.05, 3.63) is 53.4 Å². The molecule has 2 heterocycles. The van der Waals surface area contributed by atoms with Crippen LogP contribution in [-0.2, 0) is 6.54 Å². The van der Waals surface area contributed by atoms with Crippen LogP contribution < -0.4 is 5.32 Å². The quantitative estimate of drug-likeness (QED) is 0.742. The lowest BCUT2D eigenvalue weighted by Gasteiger charge is -2.16. The fourth-order valence-electron chi connectivity index (χ4n) is 2.65. The maximum absolute atomic E-state index is 12.4. The van der Waals surface area contributed by atoms with Gasteiger partial charge in [-0.3, -0.25) is 0 Å². The summed E-state index contributed by atoms with van der Waals surface area (Å²) < 4.78 is 7.03. The fraction of sp³-hybridized carbons (Fsp3) is 0.368. The zero-order chi connectivity index (χ0) is 19.6. The first kappa shape index (κ1) is 18.6. The Morgan fingerprint density at radius 3 is 2.52 bits per heavy atom. The predicted molar refractivity (Wildman–Crippen MR) is 102 cm³/mol. The lowest BCUT2D eigenvalue weighted by atomic mass is 10.2. The van der Waals surface area contributed by atoms with Crippen LogP contribution in [0.4, 0.5) is 10.5 Å².